The number of rotatable bonds is 2. The van der Waals surface area contributed by atoms with Crippen LogP contribution in [-0.4, -0.2) is 47.2 Å². The fourth-order valence-electron chi connectivity index (χ4n) is 2.48. The average Bonchev–Trinajstić information content (AvgIpc) is 2.93. The molecule has 6 nitrogen and oxygen atoms in total. The number of nitrogens with zero attached hydrogens (tertiary/aromatic N) is 3. The number of para-hydroxylation sites is 1. The third-order valence-electron chi connectivity index (χ3n) is 3.64. The van der Waals surface area contributed by atoms with Gasteiger partial charge in [-0.3, -0.25) is 9.89 Å². The molecule has 0 bridgehead atoms. The molecule has 7 heteroatoms. The van der Waals surface area contributed by atoms with Gasteiger partial charge in [0.2, 0.25) is 0 Å². The molecule has 0 atom stereocenters. The summed E-state index contributed by atoms with van der Waals surface area (Å²) in [7, 11) is 0. The highest BCUT2D eigenvalue weighted by molar-refractivity contribution is 6.33. The summed E-state index contributed by atoms with van der Waals surface area (Å²) in [6.07, 6.45) is 1.45. The van der Waals surface area contributed by atoms with Crippen molar-refractivity contribution in [1.82, 2.24) is 15.1 Å². The summed E-state index contributed by atoms with van der Waals surface area (Å²) >= 11 is 6.21. The summed E-state index contributed by atoms with van der Waals surface area (Å²) in [6.45, 7) is 2.73. The van der Waals surface area contributed by atoms with Gasteiger partial charge < -0.3 is 15.5 Å². The van der Waals surface area contributed by atoms with E-state index in [-0.39, 0.29) is 5.91 Å². The Hall–Kier alpha value is -2.21. The van der Waals surface area contributed by atoms with Crippen LogP contribution in [0.2, 0.25) is 5.02 Å². The largest absolute Gasteiger partial charge is 0.396 e. The Balaban J connectivity index is 1.67. The Morgan fingerprint density at radius 3 is 2.57 bits per heavy atom. The summed E-state index contributed by atoms with van der Waals surface area (Å²) < 4.78 is 0. The monoisotopic (exact) mass is 305 g/mol. The number of piperazine rings is 1. The van der Waals surface area contributed by atoms with E-state index in [4.69, 9.17) is 17.3 Å². The summed E-state index contributed by atoms with van der Waals surface area (Å²) in [5.41, 5.74) is 7.47. The zero-order valence-corrected chi connectivity index (χ0v) is 12.2. The number of anilines is 2. The van der Waals surface area contributed by atoms with E-state index in [0.29, 0.717) is 24.5 Å². The van der Waals surface area contributed by atoms with Gasteiger partial charge in [-0.25, -0.2) is 0 Å². The normalized spacial score (nSPS) is 15.3. The first kappa shape index (κ1) is 13.8. The van der Waals surface area contributed by atoms with Gasteiger partial charge >= 0.3 is 0 Å². The van der Waals surface area contributed by atoms with E-state index >= 15 is 0 Å². The van der Waals surface area contributed by atoms with Crippen LogP contribution in [0, 0.1) is 0 Å². The van der Waals surface area contributed by atoms with E-state index in [1.54, 1.807) is 4.90 Å². The number of H-pyrrole nitrogens is 1. The molecule has 110 valence electrons. The van der Waals surface area contributed by atoms with Gasteiger partial charge in [0.25, 0.3) is 5.91 Å². The van der Waals surface area contributed by atoms with Gasteiger partial charge in [0.1, 0.15) is 5.69 Å². The topological polar surface area (TPSA) is 78.2 Å². The number of nitrogens with one attached hydrogen (secondary N) is 1. The number of halogens is 1. The molecule has 0 spiro atoms. The molecule has 1 aliphatic rings. The molecule has 0 radical (unpaired) electrons. The summed E-state index contributed by atoms with van der Waals surface area (Å²) in [6, 6.07) is 7.74. The molecule has 1 fully saturated rings. The first-order chi connectivity index (χ1) is 10.2. The van der Waals surface area contributed by atoms with E-state index in [0.717, 1.165) is 23.8 Å². The molecule has 0 unspecified atom stereocenters. The molecule has 1 aliphatic heterocycles. The zero-order chi connectivity index (χ0) is 14.8. The number of aromatic amines is 1. The second kappa shape index (κ2) is 5.65. The molecular weight excluding hydrogens is 290 g/mol. The molecular formula is C14H16ClN5O. The Kier molecular flexibility index (Phi) is 3.70. The second-order valence-electron chi connectivity index (χ2n) is 4.93. The predicted molar refractivity (Wildman–Crippen MR) is 82.6 cm³/mol. The van der Waals surface area contributed by atoms with Crippen molar-refractivity contribution in [3.63, 3.8) is 0 Å². The highest BCUT2D eigenvalue weighted by Crippen LogP contribution is 2.26. The number of hydrogen-bond acceptors (Lipinski definition) is 4. The van der Waals surface area contributed by atoms with Crippen LogP contribution in [0.3, 0.4) is 0 Å². The smallest absolute Gasteiger partial charge is 0.274 e. The molecule has 1 aromatic carbocycles. The third-order valence-corrected chi connectivity index (χ3v) is 3.96. The lowest BCUT2D eigenvalue weighted by Gasteiger charge is -2.36. The lowest BCUT2D eigenvalue weighted by molar-refractivity contribution is 0.0742. The first-order valence-corrected chi connectivity index (χ1v) is 7.12. The molecule has 3 N–H and O–H groups in total. The molecule has 2 aromatic rings. The number of aromatic nitrogens is 2. The van der Waals surface area contributed by atoms with Crippen LogP contribution in [-0.2, 0) is 0 Å². The lowest BCUT2D eigenvalue weighted by atomic mass is 10.2. The van der Waals surface area contributed by atoms with Crippen LogP contribution in [0.4, 0.5) is 11.4 Å². The molecule has 2 heterocycles. The second-order valence-corrected chi connectivity index (χ2v) is 5.34. The number of carbonyl (C=O) groups is 1. The maximum absolute atomic E-state index is 12.3. The molecule has 21 heavy (non-hydrogen) atoms. The van der Waals surface area contributed by atoms with Gasteiger partial charge in [-0.1, -0.05) is 23.7 Å². The van der Waals surface area contributed by atoms with Crippen LogP contribution in [0.15, 0.2) is 30.5 Å². The lowest BCUT2D eigenvalue weighted by Crippen LogP contribution is -2.49. The minimum Gasteiger partial charge on any atom is -0.396 e. The SMILES string of the molecule is Nc1cn[nH]c1C(=O)N1CCN(c2ccccc2Cl)CC1. The Morgan fingerprint density at radius 1 is 1.24 bits per heavy atom. The van der Waals surface area contributed by atoms with Crippen LogP contribution >= 0.6 is 11.6 Å². The maximum Gasteiger partial charge on any atom is 0.274 e. The number of benzene rings is 1. The van der Waals surface area contributed by atoms with Crippen molar-refractivity contribution in [2.24, 2.45) is 0 Å². The fourth-order valence-corrected chi connectivity index (χ4v) is 2.74. The number of nitrogens with two attached hydrogens (primary N) is 1. The van der Waals surface area contributed by atoms with Crippen LogP contribution in [0.1, 0.15) is 10.5 Å². The molecule has 0 aliphatic carbocycles. The Labute approximate surface area is 127 Å². The molecule has 0 saturated carbocycles. The van der Waals surface area contributed by atoms with Crippen molar-refractivity contribution >= 4 is 28.9 Å². The van der Waals surface area contributed by atoms with Gasteiger partial charge in [0.05, 0.1) is 22.6 Å². The van der Waals surface area contributed by atoms with Gasteiger partial charge in [0.15, 0.2) is 0 Å². The highest BCUT2D eigenvalue weighted by atomic mass is 35.5. The maximum atomic E-state index is 12.3. The first-order valence-electron chi connectivity index (χ1n) is 6.74. The van der Waals surface area contributed by atoms with Gasteiger partial charge in [-0.15, -0.1) is 0 Å². The van der Waals surface area contributed by atoms with Crippen molar-refractivity contribution < 1.29 is 4.79 Å². The van der Waals surface area contributed by atoms with Crippen molar-refractivity contribution in [3.8, 4) is 0 Å². The van der Waals surface area contributed by atoms with E-state index in [1.165, 1.54) is 6.20 Å². The number of amides is 1. The van der Waals surface area contributed by atoms with Crippen molar-refractivity contribution in [2.45, 2.75) is 0 Å². The van der Waals surface area contributed by atoms with Crippen molar-refractivity contribution in [2.75, 3.05) is 36.8 Å². The third kappa shape index (κ3) is 2.67. The standard InChI is InChI=1S/C14H16ClN5O/c15-10-3-1-2-4-12(10)19-5-7-20(8-6-19)14(21)13-11(16)9-17-18-13/h1-4,9H,5-8,16H2,(H,17,18). The van der Waals surface area contributed by atoms with E-state index in [1.807, 2.05) is 24.3 Å². The Bertz CT molecular complexity index is 648. The number of carbonyl (C=O) groups excluding carboxylic acids is 1. The van der Waals surface area contributed by atoms with Gasteiger partial charge in [-0.05, 0) is 12.1 Å². The quantitative estimate of drug-likeness (QED) is 0.883. The van der Waals surface area contributed by atoms with Crippen LogP contribution in [0.5, 0.6) is 0 Å². The van der Waals surface area contributed by atoms with Crippen molar-refractivity contribution in [1.29, 1.82) is 0 Å². The Morgan fingerprint density at radius 2 is 1.95 bits per heavy atom. The van der Waals surface area contributed by atoms with Gasteiger partial charge in [-0.2, -0.15) is 5.10 Å². The summed E-state index contributed by atoms with van der Waals surface area (Å²) in [5, 5.41) is 7.17. The summed E-state index contributed by atoms with van der Waals surface area (Å²) in [4.78, 5) is 16.3. The highest BCUT2D eigenvalue weighted by Gasteiger charge is 2.25. The van der Waals surface area contributed by atoms with Crippen LogP contribution in [0.25, 0.3) is 0 Å². The number of nitrogen functional groups attached to an aromatic ring is 1. The average molecular weight is 306 g/mol. The predicted octanol–water partition coefficient (Wildman–Crippen LogP) is 1.61. The minimum absolute atomic E-state index is 0.108. The van der Waals surface area contributed by atoms with Gasteiger partial charge in [0, 0.05) is 26.2 Å². The van der Waals surface area contributed by atoms with E-state index < -0.39 is 0 Å². The molecule has 3 rings (SSSR count). The minimum atomic E-state index is -0.108. The van der Waals surface area contributed by atoms with E-state index in [2.05, 4.69) is 15.1 Å². The van der Waals surface area contributed by atoms with Crippen molar-refractivity contribution in [3.05, 3.63) is 41.2 Å². The summed E-state index contributed by atoms with van der Waals surface area (Å²) in [5.74, 6) is -0.108. The molecule has 1 saturated heterocycles. The van der Waals surface area contributed by atoms with Crippen LogP contribution < -0.4 is 10.6 Å². The molecule has 1 aromatic heterocycles. The fraction of sp³-hybridized carbons (Fsp3) is 0.286. The zero-order valence-electron chi connectivity index (χ0n) is 11.4. The van der Waals surface area contributed by atoms with E-state index in [9.17, 15) is 4.79 Å². The number of hydrogen-bond donors (Lipinski definition) is 2. The molecule has 1 amide bonds.